The topological polar surface area (TPSA) is 63.2 Å². The average molecular weight is 347 g/mol. The number of rotatable bonds is 6. The van der Waals surface area contributed by atoms with Crippen LogP contribution in [-0.2, 0) is 17.9 Å². The third-order valence-electron chi connectivity index (χ3n) is 3.93. The quantitative estimate of drug-likeness (QED) is 0.842. The van der Waals surface area contributed by atoms with E-state index in [0.717, 1.165) is 11.3 Å². The Morgan fingerprint density at radius 2 is 2.08 bits per heavy atom. The number of ether oxygens (including phenoxy) is 1. The average Bonchev–Trinajstić information content (AvgIpc) is 3.00. The van der Waals surface area contributed by atoms with E-state index in [-0.39, 0.29) is 6.54 Å². The van der Waals surface area contributed by atoms with Crippen molar-refractivity contribution in [1.82, 2.24) is 15.6 Å². The van der Waals surface area contributed by atoms with E-state index < -0.39 is 30.8 Å². The molecule has 1 aromatic heterocycles. The Morgan fingerprint density at radius 1 is 1.28 bits per heavy atom. The van der Waals surface area contributed by atoms with Gasteiger partial charge in [0.25, 0.3) is 5.92 Å². The molecule has 1 aliphatic heterocycles. The Labute approximate surface area is 144 Å². The van der Waals surface area contributed by atoms with Crippen molar-refractivity contribution in [3.8, 4) is 5.75 Å². The summed E-state index contributed by atoms with van der Waals surface area (Å²) >= 11 is 0. The van der Waals surface area contributed by atoms with Gasteiger partial charge in [0, 0.05) is 19.2 Å². The molecule has 1 atom stereocenters. The van der Waals surface area contributed by atoms with Gasteiger partial charge in [0.05, 0.1) is 18.3 Å². The zero-order chi connectivity index (χ0) is 17.7. The van der Waals surface area contributed by atoms with Gasteiger partial charge < -0.3 is 10.1 Å². The molecule has 0 saturated carbocycles. The van der Waals surface area contributed by atoms with Crippen LogP contribution in [-0.4, -0.2) is 29.4 Å². The van der Waals surface area contributed by atoms with Gasteiger partial charge in [-0.15, -0.1) is 0 Å². The van der Waals surface area contributed by atoms with Crippen molar-refractivity contribution in [3.63, 3.8) is 0 Å². The maximum absolute atomic E-state index is 13.1. The highest BCUT2D eigenvalue weighted by Crippen LogP contribution is 2.25. The van der Waals surface area contributed by atoms with Crippen LogP contribution in [0.3, 0.4) is 0 Å². The number of pyridine rings is 1. The second-order valence-electron chi connectivity index (χ2n) is 5.97. The lowest BCUT2D eigenvalue weighted by molar-refractivity contribution is -0.123. The largest absolute Gasteiger partial charge is 0.487 e. The highest BCUT2D eigenvalue weighted by atomic mass is 19.3. The SMILES string of the molecule is O=C(NCc1ccc(OCc2ccccn2)cc1)C1CC(F)(F)CN1. The Bertz CT molecular complexity index is 708. The number of halogens is 2. The molecule has 0 aliphatic carbocycles. The maximum Gasteiger partial charge on any atom is 0.262 e. The smallest absolute Gasteiger partial charge is 0.262 e. The number of hydrogen-bond acceptors (Lipinski definition) is 4. The summed E-state index contributed by atoms with van der Waals surface area (Å²) < 4.78 is 31.8. The van der Waals surface area contributed by atoms with E-state index in [0.29, 0.717) is 12.4 Å². The molecule has 2 N–H and O–H groups in total. The monoisotopic (exact) mass is 347 g/mol. The summed E-state index contributed by atoms with van der Waals surface area (Å²) in [6, 6.07) is 12.0. The first kappa shape index (κ1) is 17.3. The zero-order valence-electron chi connectivity index (χ0n) is 13.5. The molecule has 1 amide bonds. The molecule has 7 heteroatoms. The number of carbonyl (C=O) groups excluding carboxylic acids is 1. The van der Waals surface area contributed by atoms with Gasteiger partial charge in [-0.05, 0) is 29.8 Å². The molecule has 1 aliphatic rings. The Morgan fingerprint density at radius 3 is 2.72 bits per heavy atom. The first-order valence-corrected chi connectivity index (χ1v) is 8.02. The lowest BCUT2D eigenvalue weighted by atomic mass is 10.1. The summed E-state index contributed by atoms with van der Waals surface area (Å²) in [5, 5.41) is 5.21. The lowest BCUT2D eigenvalue weighted by Gasteiger charge is -2.12. The minimum atomic E-state index is -2.81. The summed E-state index contributed by atoms with van der Waals surface area (Å²) in [5.74, 6) is -2.53. The van der Waals surface area contributed by atoms with Gasteiger partial charge in [-0.2, -0.15) is 0 Å². The molecule has 2 aromatic rings. The third-order valence-corrected chi connectivity index (χ3v) is 3.93. The number of aromatic nitrogens is 1. The van der Waals surface area contributed by atoms with Gasteiger partial charge in [0.1, 0.15) is 12.4 Å². The van der Waals surface area contributed by atoms with E-state index in [1.165, 1.54) is 0 Å². The molecule has 0 bridgehead atoms. The highest BCUT2D eigenvalue weighted by molar-refractivity contribution is 5.82. The summed E-state index contributed by atoms with van der Waals surface area (Å²) in [6.07, 6.45) is 1.25. The number of nitrogens with zero attached hydrogens (tertiary/aromatic N) is 1. The molecular weight excluding hydrogens is 328 g/mol. The molecule has 3 rings (SSSR count). The van der Waals surface area contributed by atoms with Crippen molar-refractivity contribution in [2.24, 2.45) is 0 Å². The van der Waals surface area contributed by atoms with Crippen LogP contribution in [0.25, 0.3) is 0 Å². The van der Waals surface area contributed by atoms with Crippen LogP contribution < -0.4 is 15.4 Å². The van der Waals surface area contributed by atoms with Gasteiger partial charge in [-0.1, -0.05) is 18.2 Å². The Balaban J connectivity index is 1.45. The fourth-order valence-electron chi connectivity index (χ4n) is 2.56. The molecule has 0 radical (unpaired) electrons. The second kappa shape index (κ2) is 7.57. The van der Waals surface area contributed by atoms with Gasteiger partial charge in [0.2, 0.25) is 5.91 Å². The van der Waals surface area contributed by atoms with Crippen LogP contribution >= 0.6 is 0 Å². The van der Waals surface area contributed by atoms with Crippen molar-refractivity contribution in [1.29, 1.82) is 0 Å². The minimum Gasteiger partial charge on any atom is -0.487 e. The first-order chi connectivity index (χ1) is 12.0. The molecule has 1 fully saturated rings. The predicted molar refractivity (Wildman–Crippen MR) is 88.2 cm³/mol. The predicted octanol–water partition coefficient (Wildman–Crippen LogP) is 2.27. The number of hydrogen-bond donors (Lipinski definition) is 2. The molecule has 2 heterocycles. The van der Waals surface area contributed by atoms with E-state index >= 15 is 0 Å². The maximum atomic E-state index is 13.1. The van der Waals surface area contributed by atoms with Crippen LogP contribution in [0.15, 0.2) is 48.7 Å². The number of carbonyl (C=O) groups is 1. The van der Waals surface area contributed by atoms with Crippen molar-refractivity contribution in [2.45, 2.75) is 31.5 Å². The van der Waals surface area contributed by atoms with E-state index in [2.05, 4.69) is 15.6 Å². The zero-order valence-corrected chi connectivity index (χ0v) is 13.5. The number of nitrogens with one attached hydrogen (secondary N) is 2. The first-order valence-electron chi connectivity index (χ1n) is 8.02. The summed E-state index contributed by atoms with van der Waals surface area (Å²) in [7, 11) is 0. The van der Waals surface area contributed by atoms with Crippen LogP contribution in [0.2, 0.25) is 0 Å². The third kappa shape index (κ3) is 4.96. The van der Waals surface area contributed by atoms with Crippen LogP contribution in [0.4, 0.5) is 8.78 Å². The molecule has 0 spiro atoms. The second-order valence-corrected chi connectivity index (χ2v) is 5.97. The molecule has 5 nitrogen and oxygen atoms in total. The van der Waals surface area contributed by atoms with E-state index in [9.17, 15) is 13.6 Å². The summed E-state index contributed by atoms with van der Waals surface area (Å²) in [5.41, 5.74) is 1.70. The van der Waals surface area contributed by atoms with Crippen LogP contribution in [0, 0.1) is 0 Å². The van der Waals surface area contributed by atoms with Crippen molar-refractivity contribution in [2.75, 3.05) is 6.54 Å². The molecule has 1 aromatic carbocycles. The number of benzene rings is 1. The minimum absolute atomic E-state index is 0.281. The number of amides is 1. The summed E-state index contributed by atoms with van der Waals surface area (Å²) in [4.78, 5) is 16.1. The van der Waals surface area contributed by atoms with Gasteiger partial charge in [-0.3, -0.25) is 15.1 Å². The molecule has 1 unspecified atom stereocenters. The lowest BCUT2D eigenvalue weighted by Crippen LogP contribution is -2.39. The van der Waals surface area contributed by atoms with Gasteiger partial charge in [0.15, 0.2) is 0 Å². The van der Waals surface area contributed by atoms with E-state index in [4.69, 9.17) is 4.74 Å². The number of alkyl halides is 2. The van der Waals surface area contributed by atoms with E-state index in [1.54, 1.807) is 18.3 Å². The van der Waals surface area contributed by atoms with Crippen molar-refractivity contribution in [3.05, 3.63) is 59.9 Å². The molecule has 1 saturated heterocycles. The fraction of sp³-hybridized carbons (Fsp3) is 0.333. The van der Waals surface area contributed by atoms with Gasteiger partial charge >= 0.3 is 0 Å². The molecule has 25 heavy (non-hydrogen) atoms. The van der Waals surface area contributed by atoms with E-state index in [1.807, 2.05) is 30.3 Å². The highest BCUT2D eigenvalue weighted by Gasteiger charge is 2.42. The Kier molecular flexibility index (Phi) is 5.23. The van der Waals surface area contributed by atoms with Crippen LogP contribution in [0.5, 0.6) is 5.75 Å². The standard InChI is InChI=1S/C18H19F2N3O2/c19-18(20)9-16(23-12-18)17(24)22-10-13-4-6-15(7-5-13)25-11-14-3-1-2-8-21-14/h1-8,16,23H,9-12H2,(H,22,24). The normalized spacial score (nSPS) is 18.7. The Hall–Kier alpha value is -2.54. The summed E-state index contributed by atoms with van der Waals surface area (Å²) in [6.45, 7) is 0.203. The molecular formula is C18H19F2N3O2. The van der Waals surface area contributed by atoms with Crippen LogP contribution in [0.1, 0.15) is 17.7 Å². The fourth-order valence-corrected chi connectivity index (χ4v) is 2.56. The van der Waals surface area contributed by atoms with Crippen molar-refractivity contribution < 1.29 is 18.3 Å². The van der Waals surface area contributed by atoms with Gasteiger partial charge in [-0.25, -0.2) is 8.78 Å². The van der Waals surface area contributed by atoms with Crippen molar-refractivity contribution >= 4 is 5.91 Å². The molecule has 132 valence electrons.